The molecule has 0 aromatic rings. The first-order valence-electron chi connectivity index (χ1n) is 2.65. The number of halogens is 1. The Kier molecular flexibility index (Phi) is 1.91. The van der Waals surface area contributed by atoms with Crippen molar-refractivity contribution in [3.05, 3.63) is 0 Å². The molecule has 10 heavy (non-hydrogen) atoms. The van der Waals surface area contributed by atoms with Crippen LogP contribution < -0.4 is 16.8 Å². The van der Waals surface area contributed by atoms with Crippen molar-refractivity contribution in [1.82, 2.24) is 5.32 Å². The first-order valence-corrected chi connectivity index (χ1v) is 3.56. The first-order chi connectivity index (χ1) is 4.61. The van der Waals surface area contributed by atoms with Gasteiger partial charge in [-0.15, -0.1) is 0 Å². The lowest BCUT2D eigenvalue weighted by Crippen LogP contribution is -2.52. The van der Waals surface area contributed by atoms with Crippen molar-refractivity contribution in [2.75, 3.05) is 0 Å². The lowest BCUT2D eigenvalue weighted by Gasteiger charge is -2.19. The molecule has 5 N–H and O–H groups in total. The van der Waals surface area contributed by atoms with E-state index < -0.39 is 11.0 Å². The zero-order chi connectivity index (χ0) is 7.72. The Hall–Kier alpha value is -0.620. The minimum absolute atomic E-state index is 0.0770. The lowest BCUT2D eigenvalue weighted by atomic mass is 10.3. The van der Waals surface area contributed by atoms with Crippen LogP contribution in [0.2, 0.25) is 0 Å². The van der Waals surface area contributed by atoms with Gasteiger partial charge in [0.2, 0.25) is 5.91 Å². The molecule has 1 aliphatic heterocycles. The molecule has 1 rings (SSSR count). The predicted molar refractivity (Wildman–Crippen MR) is 40.5 cm³/mol. The molecular formula is C4H7BrN4O. The van der Waals surface area contributed by atoms with Crippen LogP contribution in [0, 0.1) is 0 Å². The summed E-state index contributed by atoms with van der Waals surface area (Å²) in [7, 11) is 0. The van der Waals surface area contributed by atoms with Crippen molar-refractivity contribution in [3.8, 4) is 0 Å². The summed E-state index contributed by atoms with van der Waals surface area (Å²) in [5.74, 6) is -0.173. The molecule has 2 unspecified atom stereocenters. The molecule has 0 aliphatic carbocycles. The highest BCUT2D eigenvalue weighted by atomic mass is 79.9. The van der Waals surface area contributed by atoms with Crippen LogP contribution in [0.4, 0.5) is 0 Å². The quantitative estimate of drug-likeness (QED) is 0.421. The molecule has 0 aromatic heterocycles. The van der Waals surface area contributed by atoms with Gasteiger partial charge < -0.3 is 11.5 Å². The van der Waals surface area contributed by atoms with Crippen molar-refractivity contribution in [3.63, 3.8) is 0 Å². The second-order valence-electron chi connectivity index (χ2n) is 1.90. The van der Waals surface area contributed by atoms with E-state index in [0.29, 0.717) is 0 Å². The van der Waals surface area contributed by atoms with E-state index in [1.165, 1.54) is 0 Å². The van der Waals surface area contributed by atoms with Gasteiger partial charge in [0.1, 0.15) is 11.0 Å². The maximum atomic E-state index is 10.8. The van der Waals surface area contributed by atoms with E-state index in [1.807, 2.05) is 0 Å². The van der Waals surface area contributed by atoms with E-state index in [0.717, 1.165) is 0 Å². The maximum Gasteiger partial charge on any atom is 0.244 e. The summed E-state index contributed by atoms with van der Waals surface area (Å²) in [6.45, 7) is 0. The number of nitrogens with two attached hydrogens (primary N) is 2. The van der Waals surface area contributed by atoms with E-state index in [1.54, 1.807) is 0 Å². The zero-order valence-electron chi connectivity index (χ0n) is 5.04. The second-order valence-corrected chi connectivity index (χ2v) is 2.88. The fourth-order valence-corrected chi connectivity index (χ4v) is 0.841. The molecule has 0 bridgehead atoms. The van der Waals surface area contributed by atoms with E-state index in [2.05, 4.69) is 26.2 Å². The number of aliphatic imine (C=N–C) groups is 1. The summed E-state index contributed by atoms with van der Waals surface area (Å²) < 4.78 is 0. The molecule has 0 spiro atoms. The first kappa shape index (κ1) is 7.49. The van der Waals surface area contributed by atoms with E-state index in [9.17, 15) is 4.79 Å². The Morgan fingerprint density at radius 2 is 2.30 bits per heavy atom. The highest BCUT2D eigenvalue weighted by molar-refractivity contribution is 9.10. The number of carbonyl (C=O) groups excluding carboxylic acids is 1. The summed E-state index contributed by atoms with van der Waals surface area (Å²) in [4.78, 5) is 14.1. The van der Waals surface area contributed by atoms with Gasteiger partial charge in [0.05, 0.1) is 0 Å². The van der Waals surface area contributed by atoms with Gasteiger partial charge in [0.25, 0.3) is 0 Å². The summed E-state index contributed by atoms with van der Waals surface area (Å²) in [6.07, 6.45) is -0.575. The van der Waals surface area contributed by atoms with E-state index in [4.69, 9.17) is 11.5 Å². The SMILES string of the molecule is NC1=NC(N)C(Br)C(=O)N1. The molecular weight excluding hydrogens is 200 g/mol. The van der Waals surface area contributed by atoms with Crippen LogP contribution >= 0.6 is 15.9 Å². The van der Waals surface area contributed by atoms with Crippen molar-refractivity contribution >= 4 is 27.8 Å². The van der Waals surface area contributed by atoms with Crippen LogP contribution in [0.15, 0.2) is 4.99 Å². The lowest BCUT2D eigenvalue weighted by molar-refractivity contribution is -0.119. The van der Waals surface area contributed by atoms with Gasteiger partial charge >= 0.3 is 0 Å². The number of amides is 1. The molecule has 1 heterocycles. The summed E-state index contributed by atoms with van der Waals surface area (Å²) in [5, 5.41) is 2.32. The second kappa shape index (κ2) is 2.55. The minimum Gasteiger partial charge on any atom is -0.370 e. The van der Waals surface area contributed by atoms with E-state index >= 15 is 0 Å². The molecule has 2 atom stereocenters. The normalized spacial score (nSPS) is 33.0. The number of nitrogens with one attached hydrogen (secondary N) is 1. The fraction of sp³-hybridized carbons (Fsp3) is 0.500. The van der Waals surface area contributed by atoms with Crippen molar-refractivity contribution in [2.45, 2.75) is 11.0 Å². The number of rotatable bonds is 0. The molecule has 56 valence electrons. The Bertz CT molecular complexity index is 192. The number of carbonyl (C=O) groups is 1. The standard InChI is InChI=1S/C4H7BrN4O/c5-1-2(6)8-4(7)9-3(1)10/h1-2H,6H2,(H3,7,8,9,10). The van der Waals surface area contributed by atoms with Gasteiger partial charge in [0, 0.05) is 0 Å². The zero-order valence-corrected chi connectivity index (χ0v) is 6.63. The molecule has 0 aromatic carbocycles. The molecule has 5 nitrogen and oxygen atoms in total. The summed E-state index contributed by atoms with van der Waals surface area (Å²) in [5.41, 5.74) is 10.6. The predicted octanol–water partition coefficient (Wildman–Crippen LogP) is -1.52. The molecule has 6 heteroatoms. The Morgan fingerprint density at radius 1 is 1.70 bits per heavy atom. The molecule has 0 fully saturated rings. The highest BCUT2D eigenvalue weighted by Gasteiger charge is 2.26. The van der Waals surface area contributed by atoms with E-state index in [-0.39, 0.29) is 11.9 Å². The summed E-state index contributed by atoms with van der Waals surface area (Å²) >= 11 is 3.05. The number of guanidine groups is 1. The van der Waals surface area contributed by atoms with Crippen LogP contribution in [0.3, 0.4) is 0 Å². The monoisotopic (exact) mass is 206 g/mol. The van der Waals surface area contributed by atoms with Gasteiger partial charge in [-0.2, -0.15) is 0 Å². The van der Waals surface area contributed by atoms with Crippen molar-refractivity contribution in [1.29, 1.82) is 0 Å². The van der Waals surface area contributed by atoms with Crippen LogP contribution in [-0.2, 0) is 4.79 Å². The largest absolute Gasteiger partial charge is 0.370 e. The average Bonchev–Trinajstić information content (AvgIpc) is 1.82. The third kappa shape index (κ3) is 1.27. The van der Waals surface area contributed by atoms with Crippen molar-refractivity contribution in [2.24, 2.45) is 16.5 Å². The number of hydrogen-bond acceptors (Lipinski definition) is 4. The maximum absolute atomic E-state index is 10.8. The highest BCUT2D eigenvalue weighted by Crippen LogP contribution is 2.07. The van der Waals surface area contributed by atoms with Crippen LogP contribution in [0.5, 0.6) is 0 Å². The molecule has 0 saturated heterocycles. The third-order valence-corrected chi connectivity index (χ3v) is 2.05. The number of hydrogen-bond donors (Lipinski definition) is 3. The van der Waals surface area contributed by atoms with Gasteiger partial charge in [-0.25, -0.2) is 4.99 Å². The van der Waals surface area contributed by atoms with Crippen LogP contribution in [0.1, 0.15) is 0 Å². The summed E-state index contributed by atoms with van der Waals surface area (Å²) in [6, 6.07) is 0. The topological polar surface area (TPSA) is 93.5 Å². The number of nitrogens with zero attached hydrogens (tertiary/aromatic N) is 1. The third-order valence-electron chi connectivity index (χ3n) is 1.09. The number of alkyl halides is 1. The fourth-order valence-electron chi connectivity index (χ4n) is 0.609. The van der Waals surface area contributed by atoms with Crippen LogP contribution in [-0.4, -0.2) is 22.9 Å². The Balaban J connectivity index is 2.79. The smallest absolute Gasteiger partial charge is 0.244 e. The minimum atomic E-state index is -0.575. The van der Waals surface area contributed by atoms with Gasteiger partial charge in [-0.1, -0.05) is 15.9 Å². The molecule has 0 saturated carbocycles. The Morgan fingerprint density at radius 3 is 2.80 bits per heavy atom. The molecule has 1 aliphatic rings. The molecule has 0 radical (unpaired) electrons. The van der Waals surface area contributed by atoms with Gasteiger partial charge in [-0.05, 0) is 0 Å². The molecule has 1 amide bonds. The van der Waals surface area contributed by atoms with Crippen LogP contribution in [0.25, 0.3) is 0 Å². The Labute approximate surface area is 66.0 Å². The van der Waals surface area contributed by atoms with Crippen molar-refractivity contribution < 1.29 is 4.79 Å². The van der Waals surface area contributed by atoms with Gasteiger partial charge in [-0.3, -0.25) is 10.1 Å². The van der Waals surface area contributed by atoms with Gasteiger partial charge in [0.15, 0.2) is 5.96 Å². The average molecular weight is 207 g/mol.